The van der Waals surface area contributed by atoms with E-state index in [1.807, 2.05) is 6.07 Å². The van der Waals surface area contributed by atoms with E-state index < -0.39 is 0 Å². The number of nitrogens with one attached hydrogen (secondary N) is 1. The Morgan fingerprint density at radius 3 is 3.00 bits per heavy atom. The SMILES string of the molecule is CC1CCCC(CCc2ccc(Cl)s2)N1. The zero-order valence-corrected chi connectivity index (χ0v) is 10.7. The maximum absolute atomic E-state index is 5.91. The van der Waals surface area contributed by atoms with Crippen molar-refractivity contribution in [3.05, 3.63) is 21.3 Å². The van der Waals surface area contributed by atoms with Crippen LogP contribution in [0.5, 0.6) is 0 Å². The van der Waals surface area contributed by atoms with Gasteiger partial charge in [0.05, 0.1) is 4.34 Å². The Hall–Kier alpha value is -0.0500. The maximum Gasteiger partial charge on any atom is 0.0931 e. The second kappa shape index (κ2) is 5.33. The van der Waals surface area contributed by atoms with Crippen molar-refractivity contribution in [3.63, 3.8) is 0 Å². The average molecular weight is 244 g/mol. The molecular weight excluding hydrogens is 226 g/mol. The Kier molecular flexibility index (Phi) is 4.06. The van der Waals surface area contributed by atoms with Gasteiger partial charge in [0.15, 0.2) is 0 Å². The molecule has 15 heavy (non-hydrogen) atoms. The first-order valence-electron chi connectivity index (χ1n) is 5.74. The van der Waals surface area contributed by atoms with E-state index in [9.17, 15) is 0 Å². The van der Waals surface area contributed by atoms with Crippen molar-refractivity contribution in [3.8, 4) is 0 Å². The molecule has 0 radical (unpaired) electrons. The van der Waals surface area contributed by atoms with Gasteiger partial charge in [-0.25, -0.2) is 0 Å². The summed E-state index contributed by atoms with van der Waals surface area (Å²) in [5.41, 5.74) is 0. The van der Waals surface area contributed by atoms with Crippen LogP contribution in [0.25, 0.3) is 0 Å². The molecule has 2 atom stereocenters. The van der Waals surface area contributed by atoms with Crippen molar-refractivity contribution >= 4 is 22.9 Å². The quantitative estimate of drug-likeness (QED) is 0.850. The summed E-state index contributed by atoms with van der Waals surface area (Å²) >= 11 is 7.62. The fraction of sp³-hybridized carbons (Fsp3) is 0.667. The number of aryl methyl sites for hydroxylation is 1. The van der Waals surface area contributed by atoms with Crippen LogP contribution in [0, 0.1) is 0 Å². The van der Waals surface area contributed by atoms with Gasteiger partial charge in [-0.3, -0.25) is 0 Å². The second-order valence-electron chi connectivity index (χ2n) is 4.44. The summed E-state index contributed by atoms with van der Waals surface area (Å²) in [6.07, 6.45) is 6.47. The number of halogens is 1. The molecule has 1 N–H and O–H groups in total. The Morgan fingerprint density at radius 1 is 1.47 bits per heavy atom. The zero-order chi connectivity index (χ0) is 10.7. The summed E-state index contributed by atoms with van der Waals surface area (Å²) in [5.74, 6) is 0. The predicted octanol–water partition coefficient (Wildman–Crippen LogP) is 3.86. The highest BCUT2D eigenvalue weighted by Gasteiger charge is 2.17. The molecular formula is C12H18ClNS. The van der Waals surface area contributed by atoms with Crippen LogP contribution in [0.15, 0.2) is 12.1 Å². The molecule has 0 spiro atoms. The van der Waals surface area contributed by atoms with Gasteiger partial charge in [0, 0.05) is 17.0 Å². The fourth-order valence-electron chi connectivity index (χ4n) is 2.27. The smallest absolute Gasteiger partial charge is 0.0931 e. The molecule has 0 aromatic carbocycles. The summed E-state index contributed by atoms with van der Waals surface area (Å²) < 4.78 is 0.912. The fourth-order valence-corrected chi connectivity index (χ4v) is 3.37. The second-order valence-corrected chi connectivity index (χ2v) is 6.24. The summed E-state index contributed by atoms with van der Waals surface area (Å²) in [4.78, 5) is 1.42. The lowest BCUT2D eigenvalue weighted by Gasteiger charge is -2.28. The van der Waals surface area contributed by atoms with Gasteiger partial charge in [-0.05, 0) is 44.7 Å². The minimum atomic E-state index is 0.704. The highest BCUT2D eigenvalue weighted by atomic mass is 35.5. The first-order valence-corrected chi connectivity index (χ1v) is 6.94. The molecule has 0 amide bonds. The van der Waals surface area contributed by atoms with Gasteiger partial charge in [-0.15, -0.1) is 11.3 Å². The molecule has 0 saturated carbocycles. The Morgan fingerprint density at radius 2 is 2.33 bits per heavy atom. The van der Waals surface area contributed by atoms with Gasteiger partial charge >= 0.3 is 0 Å². The largest absolute Gasteiger partial charge is 0.311 e. The molecule has 1 aromatic rings. The average Bonchev–Trinajstić information content (AvgIpc) is 2.62. The van der Waals surface area contributed by atoms with E-state index in [1.54, 1.807) is 11.3 Å². The van der Waals surface area contributed by atoms with Crippen LogP contribution in [-0.2, 0) is 6.42 Å². The molecule has 1 aromatic heterocycles. The predicted molar refractivity (Wildman–Crippen MR) is 67.9 cm³/mol. The Bertz CT molecular complexity index is 310. The summed E-state index contributed by atoms with van der Waals surface area (Å²) in [6.45, 7) is 2.29. The number of hydrogen-bond donors (Lipinski definition) is 1. The third kappa shape index (κ3) is 3.47. The van der Waals surface area contributed by atoms with Gasteiger partial charge in [0.25, 0.3) is 0 Å². The molecule has 1 fully saturated rings. The molecule has 2 unspecified atom stereocenters. The first kappa shape index (κ1) is 11.4. The van der Waals surface area contributed by atoms with Crippen LogP contribution in [0.1, 0.15) is 37.5 Å². The Labute approximate surface area is 101 Å². The monoisotopic (exact) mass is 243 g/mol. The molecule has 0 aliphatic carbocycles. The first-order chi connectivity index (χ1) is 7.24. The topological polar surface area (TPSA) is 12.0 Å². The molecule has 1 aliphatic rings. The van der Waals surface area contributed by atoms with Gasteiger partial charge < -0.3 is 5.32 Å². The van der Waals surface area contributed by atoms with Crippen LogP contribution in [0.4, 0.5) is 0 Å². The standard InChI is InChI=1S/C12H18ClNS/c1-9-3-2-4-10(14-9)5-6-11-7-8-12(13)15-11/h7-10,14H,2-6H2,1H3. The highest BCUT2D eigenvalue weighted by molar-refractivity contribution is 7.16. The van der Waals surface area contributed by atoms with Crippen LogP contribution in [-0.4, -0.2) is 12.1 Å². The van der Waals surface area contributed by atoms with Crippen LogP contribution in [0.2, 0.25) is 4.34 Å². The summed E-state index contributed by atoms with van der Waals surface area (Å²) in [7, 11) is 0. The maximum atomic E-state index is 5.91. The van der Waals surface area contributed by atoms with Crippen molar-refractivity contribution in [2.24, 2.45) is 0 Å². The van der Waals surface area contributed by atoms with E-state index in [4.69, 9.17) is 11.6 Å². The van der Waals surface area contributed by atoms with Crippen LogP contribution >= 0.6 is 22.9 Å². The number of piperidine rings is 1. The van der Waals surface area contributed by atoms with Crippen LogP contribution < -0.4 is 5.32 Å². The van der Waals surface area contributed by atoms with E-state index in [1.165, 1.54) is 37.0 Å². The molecule has 0 bridgehead atoms. The van der Waals surface area contributed by atoms with Gasteiger partial charge in [0.1, 0.15) is 0 Å². The van der Waals surface area contributed by atoms with E-state index >= 15 is 0 Å². The van der Waals surface area contributed by atoms with Gasteiger partial charge in [-0.2, -0.15) is 0 Å². The lowest BCUT2D eigenvalue weighted by molar-refractivity contribution is 0.322. The lowest BCUT2D eigenvalue weighted by Crippen LogP contribution is -2.40. The molecule has 1 nitrogen and oxygen atoms in total. The van der Waals surface area contributed by atoms with E-state index in [-0.39, 0.29) is 0 Å². The molecule has 3 heteroatoms. The minimum Gasteiger partial charge on any atom is -0.311 e. The van der Waals surface area contributed by atoms with E-state index in [2.05, 4.69) is 18.3 Å². The minimum absolute atomic E-state index is 0.704. The number of rotatable bonds is 3. The molecule has 1 aliphatic heterocycles. The number of hydrogen-bond acceptors (Lipinski definition) is 2. The van der Waals surface area contributed by atoms with Crippen molar-refractivity contribution in [1.82, 2.24) is 5.32 Å². The van der Waals surface area contributed by atoms with Gasteiger partial charge in [-0.1, -0.05) is 18.0 Å². The van der Waals surface area contributed by atoms with E-state index in [0.717, 1.165) is 10.4 Å². The molecule has 2 rings (SSSR count). The van der Waals surface area contributed by atoms with E-state index in [0.29, 0.717) is 6.04 Å². The highest BCUT2D eigenvalue weighted by Crippen LogP contribution is 2.24. The Balaban J connectivity index is 1.77. The molecule has 1 saturated heterocycles. The third-order valence-corrected chi connectivity index (χ3v) is 4.37. The third-order valence-electron chi connectivity index (χ3n) is 3.08. The van der Waals surface area contributed by atoms with Crippen molar-refractivity contribution in [2.45, 2.75) is 51.1 Å². The molecule has 84 valence electrons. The zero-order valence-electron chi connectivity index (χ0n) is 9.13. The van der Waals surface area contributed by atoms with Crippen LogP contribution in [0.3, 0.4) is 0 Å². The normalized spacial score (nSPS) is 26.8. The van der Waals surface area contributed by atoms with Crippen molar-refractivity contribution in [2.75, 3.05) is 0 Å². The number of thiophene rings is 1. The molecule has 2 heterocycles. The summed E-state index contributed by atoms with van der Waals surface area (Å²) in [6, 6.07) is 5.57. The summed E-state index contributed by atoms with van der Waals surface area (Å²) in [5, 5.41) is 3.67. The van der Waals surface area contributed by atoms with Crippen molar-refractivity contribution in [1.29, 1.82) is 0 Å². The van der Waals surface area contributed by atoms with Gasteiger partial charge in [0.2, 0.25) is 0 Å². The van der Waals surface area contributed by atoms with Crippen molar-refractivity contribution < 1.29 is 0 Å². The lowest BCUT2D eigenvalue weighted by atomic mass is 9.96.